The van der Waals surface area contributed by atoms with Gasteiger partial charge in [-0.05, 0) is 40.5 Å². The van der Waals surface area contributed by atoms with Crippen molar-refractivity contribution in [1.82, 2.24) is 26.6 Å². The molecule has 2 aromatic carbocycles. The average molecular weight is 727 g/mol. The number of fused-ring (bicyclic) bond motifs is 1. The molecule has 0 aliphatic heterocycles. The Morgan fingerprint density at radius 1 is 0.615 bits per heavy atom. The van der Waals surface area contributed by atoms with E-state index in [0.29, 0.717) is 0 Å². The van der Waals surface area contributed by atoms with Crippen molar-refractivity contribution in [3.63, 3.8) is 0 Å². The fourth-order valence-corrected chi connectivity index (χ4v) is 5.36. The van der Waals surface area contributed by atoms with Crippen LogP contribution in [0.1, 0.15) is 66.4 Å². The first kappa shape index (κ1) is 42.6. The molecule has 0 heterocycles. The van der Waals surface area contributed by atoms with Crippen LogP contribution in [0.5, 0.6) is 0 Å². The second-order valence-electron chi connectivity index (χ2n) is 13.8. The van der Waals surface area contributed by atoms with Crippen LogP contribution in [0.3, 0.4) is 0 Å². The standard InChI is InChI=1S/C36H50N6O10/c1-18(2)13-26(36(51)52)40-33(48)25(17-29(45)46)38-32(47)24(16-27(37)43)39-34(49)31(20(5)6)42-35(50)30(19(3)4)41-28(44)15-21-11-12-22-9-7-8-10-23(22)14-21/h7-12,14,18-20,24-26,30-31H,13,15-17H2,1-6H3,(H2,37,43)(H,38,47)(H,39,49)(H,40,48)(H,41,44)(H,42,50)(H,45,46)(H,51,52)/t24-,25-,26-,30-,31-/m0/s1. The van der Waals surface area contributed by atoms with Crippen LogP contribution in [-0.4, -0.2) is 87.8 Å². The van der Waals surface area contributed by atoms with Crippen molar-refractivity contribution >= 4 is 58.2 Å². The molecule has 0 unspecified atom stereocenters. The van der Waals surface area contributed by atoms with Gasteiger partial charge in [-0.1, -0.05) is 84.0 Å². The van der Waals surface area contributed by atoms with Gasteiger partial charge >= 0.3 is 11.9 Å². The number of primary amides is 1. The molecule has 0 aliphatic rings. The van der Waals surface area contributed by atoms with E-state index in [1.165, 1.54) is 0 Å². The zero-order chi connectivity index (χ0) is 39.3. The molecule has 0 saturated heterocycles. The Hall–Kier alpha value is -5.54. The van der Waals surface area contributed by atoms with Crippen LogP contribution in [0.2, 0.25) is 0 Å². The van der Waals surface area contributed by atoms with Crippen LogP contribution in [0.4, 0.5) is 0 Å². The van der Waals surface area contributed by atoms with Gasteiger partial charge in [-0.25, -0.2) is 4.79 Å². The van der Waals surface area contributed by atoms with Crippen molar-refractivity contribution in [3.05, 3.63) is 48.0 Å². The summed E-state index contributed by atoms with van der Waals surface area (Å²) in [6.07, 6.45) is -1.70. The minimum Gasteiger partial charge on any atom is -0.481 e. The number of carbonyl (C=O) groups is 8. The zero-order valence-electron chi connectivity index (χ0n) is 30.2. The first-order valence-corrected chi connectivity index (χ1v) is 17.0. The molecule has 0 bridgehead atoms. The summed E-state index contributed by atoms with van der Waals surface area (Å²) in [6.45, 7) is 10.1. The maximum absolute atomic E-state index is 13.5. The van der Waals surface area contributed by atoms with Crippen molar-refractivity contribution in [2.24, 2.45) is 23.5 Å². The predicted octanol–water partition coefficient (Wildman–Crippen LogP) is 0.599. The lowest BCUT2D eigenvalue weighted by molar-refractivity contribution is -0.144. The Labute approximate surface area is 302 Å². The van der Waals surface area contributed by atoms with Crippen molar-refractivity contribution < 1.29 is 48.6 Å². The first-order valence-electron chi connectivity index (χ1n) is 17.0. The van der Waals surface area contributed by atoms with E-state index < -0.39 is 102 Å². The fourth-order valence-electron chi connectivity index (χ4n) is 5.36. The van der Waals surface area contributed by atoms with Crippen LogP contribution < -0.4 is 32.3 Å². The number of carbonyl (C=O) groups excluding carboxylic acids is 6. The summed E-state index contributed by atoms with van der Waals surface area (Å²) in [5.41, 5.74) is 6.06. The molecule has 16 heteroatoms. The highest BCUT2D eigenvalue weighted by Gasteiger charge is 2.35. The van der Waals surface area contributed by atoms with Gasteiger partial charge in [0.15, 0.2) is 0 Å². The Morgan fingerprint density at radius 3 is 1.63 bits per heavy atom. The number of aliphatic carboxylic acids is 2. The number of carboxylic acids is 2. The number of nitrogens with two attached hydrogens (primary N) is 1. The maximum atomic E-state index is 13.5. The molecule has 16 nitrogen and oxygen atoms in total. The first-order chi connectivity index (χ1) is 24.3. The van der Waals surface area contributed by atoms with E-state index in [4.69, 9.17) is 5.73 Å². The largest absolute Gasteiger partial charge is 0.481 e. The van der Waals surface area contributed by atoms with E-state index >= 15 is 0 Å². The number of carboxylic acid groups (broad SMARTS) is 2. The van der Waals surface area contributed by atoms with Gasteiger partial charge in [0.2, 0.25) is 35.4 Å². The molecule has 2 rings (SSSR count). The molecule has 0 fully saturated rings. The third-order valence-electron chi connectivity index (χ3n) is 8.06. The van der Waals surface area contributed by atoms with Crippen LogP contribution >= 0.6 is 0 Å². The van der Waals surface area contributed by atoms with Gasteiger partial charge in [-0.2, -0.15) is 0 Å². The van der Waals surface area contributed by atoms with Crippen LogP contribution in [0.15, 0.2) is 42.5 Å². The van der Waals surface area contributed by atoms with Gasteiger partial charge in [-0.15, -0.1) is 0 Å². The topological polar surface area (TPSA) is 263 Å². The molecule has 9 N–H and O–H groups in total. The highest BCUT2D eigenvalue weighted by molar-refractivity contribution is 5.98. The Kier molecular flexibility index (Phi) is 16.2. The molecule has 284 valence electrons. The average Bonchev–Trinajstić information content (AvgIpc) is 3.03. The van der Waals surface area contributed by atoms with Crippen molar-refractivity contribution in [2.75, 3.05) is 0 Å². The van der Waals surface area contributed by atoms with E-state index in [0.717, 1.165) is 16.3 Å². The summed E-state index contributed by atoms with van der Waals surface area (Å²) >= 11 is 0. The number of amides is 6. The van der Waals surface area contributed by atoms with Gasteiger partial charge in [0.05, 0.1) is 19.3 Å². The zero-order valence-corrected chi connectivity index (χ0v) is 30.2. The van der Waals surface area contributed by atoms with E-state index in [1.807, 2.05) is 42.5 Å². The third-order valence-corrected chi connectivity index (χ3v) is 8.06. The third kappa shape index (κ3) is 13.6. The van der Waals surface area contributed by atoms with Gasteiger partial charge in [-0.3, -0.25) is 33.6 Å². The van der Waals surface area contributed by atoms with Gasteiger partial charge in [0.25, 0.3) is 0 Å². The van der Waals surface area contributed by atoms with Gasteiger partial charge in [0.1, 0.15) is 30.2 Å². The molecule has 52 heavy (non-hydrogen) atoms. The maximum Gasteiger partial charge on any atom is 0.326 e. The normalized spacial score (nSPS) is 14.1. The summed E-state index contributed by atoms with van der Waals surface area (Å²) in [7, 11) is 0. The number of hydrogen-bond donors (Lipinski definition) is 8. The molecule has 6 amide bonds. The number of hydrogen-bond acceptors (Lipinski definition) is 8. The summed E-state index contributed by atoms with van der Waals surface area (Å²) in [5.74, 6) is -9.29. The highest BCUT2D eigenvalue weighted by Crippen LogP contribution is 2.16. The summed E-state index contributed by atoms with van der Waals surface area (Å²) in [5, 5.41) is 32.9. The van der Waals surface area contributed by atoms with E-state index in [-0.39, 0.29) is 18.8 Å². The van der Waals surface area contributed by atoms with Crippen LogP contribution in [0, 0.1) is 17.8 Å². The van der Waals surface area contributed by atoms with Crippen molar-refractivity contribution in [2.45, 2.75) is 97.4 Å². The lowest BCUT2D eigenvalue weighted by Crippen LogP contribution is -2.61. The Bertz CT molecular complexity index is 1640. The monoisotopic (exact) mass is 726 g/mol. The van der Waals surface area contributed by atoms with E-state index in [9.17, 15) is 48.6 Å². The van der Waals surface area contributed by atoms with Crippen LogP contribution in [-0.2, 0) is 44.8 Å². The molecule has 0 saturated carbocycles. The van der Waals surface area contributed by atoms with Crippen molar-refractivity contribution in [3.8, 4) is 0 Å². The van der Waals surface area contributed by atoms with E-state index in [1.54, 1.807) is 41.5 Å². The number of rotatable bonds is 20. The second-order valence-corrected chi connectivity index (χ2v) is 13.8. The molecule has 0 radical (unpaired) electrons. The lowest BCUT2D eigenvalue weighted by Gasteiger charge is -2.29. The highest BCUT2D eigenvalue weighted by atomic mass is 16.4. The smallest absolute Gasteiger partial charge is 0.326 e. The van der Waals surface area contributed by atoms with Crippen molar-refractivity contribution in [1.29, 1.82) is 0 Å². The van der Waals surface area contributed by atoms with Gasteiger partial charge < -0.3 is 42.5 Å². The fraction of sp³-hybridized carbons (Fsp3) is 0.500. The second kappa shape index (κ2) is 19.7. The molecular weight excluding hydrogens is 676 g/mol. The molecular formula is C36H50N6O10. The molecule has 0 spiro atoms. The SMILES string of the molecule is CC(C)C[C@H](NC(=O)[C@H](CC(=O)O)NC(=O)[C@H](CC(N)=O)NC(=O)[C@@H](NC(=O)[C@@H](NC(=O)Cc1ccc2ccccc2c1)C(C)C)C(C)C)C(=O)O. The molecule has 0 aromatic heterocycles. The molecule has 5 atom stereocenters. The van der Waals surface area contributed by atoms with E-state index in [2.05, 4.69) is 26.6 Å². The summed E-state index contributed by atoms with van der Waals surface area (Å²) < 4.78 is 0. The summed E-state index contributed by atoms with van der Waals surface area (Å²) in [4.78, 5) is 101. The Balaban J connectivity index is 2.20. The summed E-state index contributed by atoms with van der Waals surface area (Å²) in [6, 6.07) is 6.07. The number of benzene rings is 2. The van der Waals surface area contributed by atoms with Gasteiger partial charge in [0, 0.05) is 0 Å². The predicted molar refractivity (Wildman–Crippen MR) is 190 cm³/mol. The minimum atomic E-state index is -1.78. The Morgan fingerprint density at radius 2 is 1.12 bits per heavy atom. The molecule has 0 aliphatic carbocycles. The molecule has 2 aromatic rings. The quantitative estimate of drug-likeness (QED) is 0.0942. The van der Waals surface area contributed by atoms with Crippen LogP contribution in [0.25, 0.3) is 10.8 Å². The lowest BCUT2D eigenvalue weighted by atomic mass is 9.98. The number of nitrogens with one attached hydrogen (secondary N) is 5. The minimum absolute atomic E-state index is 0.00504.